The van der Waals surface area contributed by atoms with Gasteiger partial charge in [0.05, 0.1) is 5.71 Å². The van der Waals surface area contributed by atoms with Crippen molar-refractivity contribution in [1.29, 1.82) is 0 Å². The number of H-pyrrole nitrogens is 1. The molecular weight excluding hydrogens is 158 g/mol. The highest BCUT2D eigenvalue weighted by Gasteiger charge is 2.10. The maximum atomic E-state index is 10.7. The van der Waals surface area contributed by atoms with Crippen LogP contribution >= 0.6 is 0 Å². The van der Waals surface area contributed by atoms with Gasteiger partial charge in [-0.3, -0.25) is 9.98 Å². The molecular formula is C7H9N3O2. The summed E-state index contributed by atoms with van der Waals surface area (Å²) in [5.74, 6) is 0.121. The van der Waals surface area contributed by atoms with Gasteiger partial charge < -0.3 is 4.42 Å². The van der Waals surface area contributed by atoms with E-state index in [1.54, 1.807) is 14.0 Å². The number of oxazole rings is 1. The highest BCUT2D eigenvalue weighted by Crippen LogP contribution is 2.13. The first-order valence-electron chi connectivity index (χ1n) is 3.32. The van der Waals surface area contributed by atoms with Crippen LogP contribution < -0.4 is 5.76 Å². The van der Waals surface area contributed by atoms with E-state index < -0.39 is 5.76 Å². The smallest absolute Gasteiger partial charge is 0.404 e. The van der Waals surface area contributed by atoms with Crippen LogP contribution in [-0.2, 0) is 0 Å². The van der Waals surface area contributed by atoms with Crippen LogP contribution in [-0.4, -0.2) is 24.5 Å². The Labute approximate surface area is 68.9 Å². The normalized spacial score (nSPS) is 11.7. The molecule has 64 valence electrons. The van der Waals surface area contributed by atoms with Gasteiger partial charge in [-0.1, -0.05) is 0 Å². The molecule has 0 aliphatic rings. The molecule has 0 saturated heterocycles. The minimum absolute atomic E-state index is 0.322. The number of hydrogen-bond donors (Lipinski definition) is 1. The second-order valence-electron chi connectivity index (χ2n) is 2.16. The van der Waals surface area contributed by atoms with Crippen molar-refractivity contribution in [2.24, 2.45) is 9.98 Å². The summed E-state index contributed by atoms with van der Waals surface area (Å²) in [4.78, 5) is 20.5. The lowest BCUT2D eigenvalue weighted by Crippen LogP contribution is -1.95. The molecule has 5 heteroatoms. The van der Waals surface area contributed by atoms with Crippen LogP contribution in [0.2, 0.25) is 0 Å². The lowest BCUT2D eigenvalue weighted by atomic mass is 10.3. The maximum Gasteiger partial charge on any atom is 0.418 e. The molecule has 0 aliphatic heterocycles. The monoisotopic (exact) mass is 167 g/mol. The minimum atomic E-state index is -0.546. The number of nitrogens with one attached hydrogen (secondary N) is 1. The molecule has 12 heavy (non-hydrogen) atoms. The zero-order valence-corrected chi connectivity index (χ0v) is 6.92. The quantitative estimate of drug-likeness (QED) is 0.660. The summed E-state index contributed by atoms with van der Waals surface area (Å²) in [6, 6.07) is 0. The predicted molar refractivity (Wildman–Crippen MR) is 46.7 cm³/mol. The van der Waals surface area contributed by atoms with Gasteiger partial charge in [0.15, 0.2) is 11.6 Å². The van der Waals surface area contributed by atoms with E-state index in [0.29, 0.717) is 17.3 Å². The Bertz CT molecular complexity index is 372. The van der Waals surface area contributed by atoms with Crippen LogP contribution in [0.4, 0.5) is 5.82 Å². The Morgan fingerprint density at radius 3 is 2.83 bits per heavy atom. The van der Waals surface area contributed by atoms with Gasteiger partial charge >= 0.3 is 5.76 Å². The van der Waals surface area contributed by atoms with E-state index in [2.05, 4.69) is 21.7 Å². The number of rotatable bonds is 2. The molecule has 0 saturated carbocycles. The van der Waals surface area contributed by atoms with Crippen molar-refractivity contribution < 1.29 is 4.42 Å². The molecule has 1 aromatic rings. The maximum absolute atomic E-state index is 10.7. The second kappa shape index (κ2) is 3.17. The number of hydrogen-bond acceptors (Lipinski definition) is 4. The van der Waals surface area contributed by atoms with Crippen molar-refractivity contribution in [1.82, 2.24) is 4.98 Å². The predicted octanol–water partition coefficient (Wildman–Crippen LogP) is 0.739. The van der Waals surface area contributed by atoms with Crippen LogP contribution in [0.1, 0.15) is 12.7 Å². The molecule has 0 spiro atoms. The fourth-order valence-corrected chi connectivity index (χ4v) is 0.778. The zero-order valence-electron chi connectivity index (χ0n) is 6.92. The molecule has 5 nitrogen and oxygen atoms in total. The molecule has 0 radical (unpaired) electrons. The van der Waals surface area contributed by atoms with Crippen LogP contribution in [0.15, 0.2) is 19.2 Å². The van der Waals surface area contributed by atoms with Gasteiger partial charge in [0.2, 0.25) is 0 Å². The Morgan fingerprint density at radius 2 is 2.33 bits per heavy atom. The number of nitrogens with zero attached hydrogens (tertiary/aromatic N) is 2. The Balaban J connectivity index is 3.31. The lowest BCUT2D eigenvalue weighted by molar-refractivity contribution is 0.507. The standard InChI is InChI=1S/C7H9N3O2/c1-4(8-2)5-6(9-3)10-7(11)12-5/h3H2,1-2H3,(H,10,11). The highest BCUT2D eigenvalue weighted by atomic mass is 16.4. The summed E-state index contributed by atoms with van der Waals surface area (Å²) in [7, 11) is 1.61. The molecule has 0 aliphatic carbocycles. The fourth-order valence-electron chi connectivity index (χ4n) is 0.778. The van der Waals surface area contributed by atoms with Crippen LogP contribution in [0.3, 0.4) is 0 Å². The van der Waals surface area contributed by atoms with Crippen molar-refractivity contribution in [2.45, 2.75) is 6.92 Å². The third-order valence-electron chi connectivity index (χ3n) is 1.45. The highest BCUT2D eigenvalue weighted by molar-refractivity contribution is 5.99. The molecule has 0 aromatic carbocycles. The molecule has 0 amide bonds. The van der Waals surface area contributed by atoms with Gasteiger partial charge in [-0.15, -0.1) is 0 Å². The van der Waals surface area contributed by atoms with Gasteiger partial charge in [0, 0.05) is 7.05 Å². The van der Waals surface area contributed by atoms with Gasteiger partial charge in [-0.2, -0.15) is 0 Å². The molecule has 0 unspecified atom stereocenters. The zero-order chi connectivity index (χ0) is 9.14. The summed E-state index contributed by atoms with van der Waals surface area (Å²) < 4.78 is 4.78. The third kappa shape index (κ3) is 1.34. The molecule has 0 atom stereocenters. The summed E-state index contributed by atoms with van der Waals surface area (Å²) in [6.45, 7) is 5.01. The average molecular weight is 167 g/mol. The molecule has 1 N–H and O–H groups in total. The van der Waals surface area contributed by atoms with Crippen LogP contribution in [0.25, 0.3) is 0 Å². The van der Waals surface area contributed by atoms with Crippen molar-refractivity contribution >= 4 is 18.2 Å². The summed E-state index contributed by atoms with van der Waals surface area (Å²) in [5, 5.41) is 0. The van der Waals surface area contributed by atoms with Crippen LogP contribution in [0, 0.1) is 0 Å². The Hall–Kier alpha value is -1.65. The summed E-state index contributed by atoms with van der Waals surface area (Å²) >= 11 is 0. The first-order chi connectivity index (χ1) is 5.69. The van der Waals surface area contributed by atoms with Crippen molar-refractivity contribution in [2.75, 3.05) is 7.05 Å². The fraction of sp³-hybridized carbons (Fsp3) is 0.286. The molecule has 1 heterocycles. The third-order valence-corrected chi connectivity index (χ3v) is 1.45. The van der Waals surface area contributed by atoms with Gasteiger partial charge in [-0.05, 0) is 13.6 Å². The Morgan fingerprint density at radius 1 is 1.67 bits per heavy atom. The van der Waals surface area contributed by atoms with Crippen molar-refractivity contribution in [3.63, 3.8) is 0 Å². The van der Waals surface area contributed by atoms with E-state index >= 15 is 0 Å². The topological polar surface area (TPSA) is 70.7 Å². The number of aromatic nitrogens is 1. The largest absolute Gasteiger partial charge is 0.418 e. The molecule has 1 aromatic heterocycles. The second-order valence-corrected chi connectivity index (χ2v) is 2.16. The lowest BCUT2D eigenvalue weighted by Gasteiger charge is -1.92. The number of aromatic amines is 1. The molecule has 0 bridgehead atoms. The summed E-state index contributed by atoms with van der Waals surface area (Å²) in [6.07, 6.45) is 0. The van der Waals surface area contributed by atoms with Crippen molar-refractivity contribution in [3.05, 3.63) is 16.3 Å². The van der Waals surface area contributed by atoms with Crippen molar-refractivity contribution in [3.8, 4) is 0 Å². The van der Waals surface area contributed by atoms with E-state index in [0.717, 1.165) is 0 Å². The van der Waals surface area contributed by atoms with E-state index in [1.807, 2.05) is 0 Å². The van der Waals surface area contributed by atoms with Gasteiger partial charge in [0.25, 0.3) is 0 Å². The van der Waals surface area contributed by atoms with E-state index in [-0.39, 0.29) is 0 Å². The SMILES string of the molecule is C=Nc1[nH]c(=O)oc1C(C)=NC. The van der Waals surface area contributed by atoms with Crippen LogP contribution in [0.5, 0.6) is 0 Å². The Kier molecular flexibility index (Phi) is 2.23. The summed E-state index contributed by atoms with van der Waals surface area (Å²) in [5.41, 5.74) is 0.607. The molecule has 1 rings (SSSR count). The minimum Gasteiger partial charge on any atom is -0.404 e. The first kappa shape index (κ1) is 8.45. The van der Waals surface area contributed by atoms with Gasteiger partial charge in [-0.25, -0.2) is 9.79 Å². The van der Waals surface area contributed by atoms with E-state index in [9.17, 15) is 4.79 Å². The average Bonchev–Trinajstić information content (AvgIpc) is 2.45. The van der Waals surface area contributed by atoms with E-state index in [1.165, 1.54) is 0 Å². The molecule has 0 fully saturated rings. The van der Waals surface area contributed by atoms with E-state index in [4.69, 9.17) is 4.42 Å². The first-order valence-corrected chi connectivity index (χ1v) is 3.32. The van der Waals surface area contributed by atoms with Gasteiger partial charge in [0.1, 0.15) is 0 Å². The number of aliphatic imine (C=N–C) groups is 2.